The zero-order valence-corrected chi connectivity index (χ0v) is 16.1. The van der Waals surface area contributed by atoms with Crippen molar-refractivity contribution in [3.05, 3.63) is 82.6 Å². The second kappa shape index (κ2) is 5.66. The van der Waals surface area contributed by atoms with E-state index in [1.165, 1.54) is 5.57 Å². The van der Waals surface area contributed by atoms with Crippen LogP contribution in [0.5, 0.6) is 11.5 Å². The van der Waals surface area contributed by atoms with Gasteiger partial charge in [-0.05, 0) is 48.3 Å². The van der Waals surface area contributed by atoms with E-state index in [4.69, 9.17) is 9.47 Å². The highest BCUT2D eigenvalue weighted by atomic mass is 16.5. The number of piperidine rings is 1. The molecule has 1 amide bonds. The molecule has 0 saturated carbocycles. The Bertz CT molecular complexity index is 1100. The van der Waals surface area contributed by atoms with Crippen LogP contribution in [0.25, 0.3) is 0 Å². The number of phenolic OH excluding ortho intramolecular Hbond substituents is 1. The van der Waals surface area contributed by atoms with Crippen molar-refractivity contribution in [1.82, 2.24) is 4.90 Å². The van der Waals surface area contributed by atoms with Gasteiger partial charge in [-0.2, -0.15) is 0 Å². The maximum absolute atomic E-state index is 13.3. The van der Waals surface area contributed by atoms with Crippen LogP contribution < -0.4 is 4.74 Å². The minimum absolute atomic E-state index is 0.0276. The van der Waals surface area contributed by atoms with Crippen LogP contribution in [0.1, 0.15) is 27.9 Å². The van der Waals surface area contributed by atoms with E-state index in [2.05, 4.69) is 6.08 Å². The van der Waals surface area contributed by atoms with E-state index in [9.17, 15) is 9.90 Å². The second-order valence-electron chi connectivity index (χ2n) is 8.15. The third-order valence-electron chi connectivity index (χ3n) is 6.97. The highest BCUT2D eigenvalue weighted by molar-refractivity contribution is 5.95. The van der Waals surface area contributed by atoms with Gasteiger partial charge in [0.25, 0.3) is 5.91 Å². The minimum atomic E-state index is -0.375. The first-order valence-electron chi connectivity index (χ1n) is 9.99. The van der Waals surface area contributed by atoms with Crippen LogP contribution in [0.4, 0.5) is 0 Å². The molecule has 2 aromatic carbocycles. The highest BCUT2D eigenvalue weighted by Crippen LogP contribution is 2.62. The Kier molecular flexibility index (Phi) is 3.26. The molecule has 0 radical (unpaired) electrons. The molecular formula is C24H21NO4. The fraction of sp³-hybridized carbons (Fsp3) is 0.292. The zero-order chi connectivity index (χ0) is 19.8. The van der Waals surface area contributed by atoms with Crippen molar-refractivity contribution in [2.24, 2.45) is 0 Å². The average molecular weight is 387 g/mol. The van der Waals surface area contributed by atoms with Crippen LogP contribution in [-0.4, -0.2) is 41.7 Å². The third-order valence-corrected chi connectivity index (χ3v) is 6.97. The monoisotopic (exact) mass is 387 g/mol. The Morgan fingerprint density at radius 1 is 1.21 bits per heavy atom. The predicted molar refractivity (Wildman–Crippen MR) is 107 cm³/mol. The van der Waals surface area contributed by atoms with E-state index >= 15 is 0 Å². The Labute approximate surface area is 168 Å². The molecule has 2 aliphatic heterocycles. The van der Waals surface area contributed by atoms with Crippen molar-refractivity contribution in [2.45, 2.75) is 30.4 Å². The van der Waals surface area contributed by atoms with Crippen molar-refractivity contribution in [2.75, 3.05) is 13.7 Å². The van der Waals surface area contributed by atoms with Gasteiger partial charge >= 0.3 is 0 Å². The first kappa shape index (κ1) is 16.7. The number of carbonyl (C=O) groups excluding carboxylic acids is 1. The Balaban J connectivity index is 1.53. The Morgan fingerprint density at radius 3 is 2.83 bits per heavy atom. The molecule has 0 unspecified atom stereocenters. The molecule has 2 heterocycles. The summed E-state index contributed by atoms with van der Waals surface area (Å²) < 4.78 is 12.0. The molecule has 1 spiro atoms. The van der Waals surface area contributed by atoms with Gasteiger partial charge in [0.05, 0.1) is 18.6 Å². The number of rotatable bonds is 2. The van der Waals surface area contributed by atoms with Gasteiger partial charge in [-0.25, -0.2) is 0 Å². The first-order valence-corrected chi connectivity index (χ1v) is 9.99. The van der Waals surface area contributed by atoms with Crippen molar-refractivity contribution in [3.8, 4) is 11.5 Å². The number of carbonyl (C=O) groups is 1. The lowest BCUT2D eigenvalue weighted by Gasteiger charge is -2.53. The number of nitrogens with zero attached hydrogens (tertiary/aromatic N) is 1. The third kappa shape index (κ3) is 1.97. The predicted octanol–water partition coefficient (Wildman–Crippen LogP) is 3.33. The average Bonchev–Trinajstić information content (AvgIpc) is 3.10. The van der Waals surface area contributed by atoms with Gasteiger partial charge in [0.2, 0.25) is 0 Å². The summed E-state index contributed by atoms with van der Waals surface area (Å²) in [5, 5.41) is 10.5. The van der Waals surface area contributed by atoms with Crippen LogP contribution in [-0.2, 0) is 16.6 Å². The SMILES string of the molecule is COC1=CC=C2[C@H]3Cc4ccc(O)c5c4[C@@]2(CCN3C(=O)c2ccccc2)[C@H]1O5. The summed E-state index contributed by atoms with van der Waals surface area (Å²) in [6.45, 7) is 0.640. The molecule has 5 heteroatoms. The summed E-state index contributed by atoms with van der Waals surface area (Å²) in [5.74, 6) is 1.57. The lowest BCUT2D eigenvalue weighted by molar-refractivity contribution is 0.0468. The van der Waals surface area contributed by atoms with Crippen LogP contribution in [0.2, 0.25) is 0 Å². The number of hydrogen-bond donors (Lipinski definition) is 1. The molecule has 5 nitrogen and oxygen atoms in total. The number of allylic oxidation sites excluding steroid dienone is 2. The summed E-state index contributed by atoms with van der Waals surface area (Å²) in [7, 11) is 1.66. The number of amides is 1. The molecule has 29 heavy (non-hydrogen) atoms. The van der Waals surface area contributed by atoms with Crippen molar-refractivity contribution >= 4 is 5.91 Å². The molecule has 6 rings (SSSR count). The molecule has 0 aromatic heterocycles. The van der Waals surface area contributed by atoms with Gasteiger partial charge in [-0.3, -0.25) is 4.79 Å². The van der Waals surface area contributed by atoms with E-state index in [-0.39, 0.29) is 29.2 Å². The van der Waals surface area contributed by atoms with Gasteiger partial charge < -0.3 is 19.5 Å². The van der Waals surface area contributed by atoms with Gasteiger partial charge in [0, 0.05) is 17.7 Å². The minimum Gasteiger partial charge on any atom is -0.504 e. The fourth-order valence-electron chi connectivity index (χ4n) is 5.77. The molecular weight excluding hydrogens is 366 g/mol. The summed E-state index contributed by atoms with van der Waals surface area (Å²) in [6.07, 6.45) is 5.22. The van der Waals surface area contributed by atoms with Gasteiger partial charge in [0.1, 0.15) is 5.76 Å². The number of benzene rings is 2. The molecule has 1 N–H and O–H groups in total. The molecule has 3 atom stereocenters. The van der Waals surface area contributed by atoms with Crippen LogP contribution >= 0.6 is 0 Å². The molecule has 1 saturated heterocycles. The molecule has 146 valence electrons. The lowest BCUT2D eigenvalue weighted by Crippen LogP contribution is -2.60. The van der Waals surface area contributed by atoms with Crippen LogP contribution in [0, 0.1) is 0 Å². The van der Waals surface area contributed by atoms with Crippen LogP contribution in [0.3, 0.4) is 0 Å². The van der Waals surface area contributed by atoms with E-state index < -0.39 is 0 Å². The van der Waals surface area contributed by atoms with Crippen molar-refractivity contribution < 1.29 is 19.4 Å². The summed E-state index contributed by atoms with van der Waals surface area (Å²) in [4.78, 5) is 15.3. The summed E-state index contributed by atoms with van der Waals surface area (Å²) in [6, 6.07) is 13.1. The van der Waals surface area contributed by atoms with E-state index in [1.807, 2.05) is 47.4 Å². The fourth-order valence-corrected chi connectivity index (χ4v) is 5.77. The maximum atomic E-state index is 13.3. The van der Waals surface area contributed by atoms with E-state index in [0.29, 0.717) is 17.9 Å². The van der Waals surface area contributed by atoms with Gasteiger partial charge in [0.15, 0.2) is 17.6 Å². The standard InChI is InChI=1S/C24H21NO4/c1-28-19-10-8-16-17-13-15-7-9-18(26)21-20(15)24(16,22(19)29-21)11-12-25(17)23(27)14-5-3-2-4-6-14/h2-10,17,22,26H,11-13H2,1H3/t17-,22+,24+/m1/s1. The number of methoxy groups -OCH3 is 1. The number of aromatic hydroxyl groups is 1. The van der Waals surface area contributed by atoms with Crippen molar-refractivity contribution in [3.63, 3.8) is 0 Å². The normalized spacial score (nSPS) is 28.1. The Hall–Kier alpha value is -3.21. The highest BCUT2D eigenvalue weighted by Gasteiger charge is 2.62. The molecule has 4 aliphatic rings. The number of hydrogen-bond acceptors (Lipinski definition) is 4. The summed E-state index contributed by atoms with van der Waals surface area (Å²) in [5.41, 5.74) is 3.75. The molecule has 2 bridgehead atoms. The molecule has 2 aliphatic carbocycles. The van der Waals surface area contributed by atoms with Gasteiger partial charge in [-0.15, -0.1) is 0 Å². The van der Waals surface area contributed by atoms with Crippen molar-refractivity contribution in [1.29, 1.82) is 0 Å². The number of ether oxygens (including phenoxy) is 2. The lowest BCUT2D eigenvalue weighted by atomic mass is 9.57. The molecule has 1 fully saturated rings. The first-order chi connectivity index (χ1) is 14.1. The Morgan fingerprint density at radius 2 is 2.03 bits per heavy atom. The smallest absolute Gasteiger partial charge is 0.254 e. The summed E-state index contributed by atoms with van der Waals surface area (Å²) >= 11 is 0. The quantitative estimate of drug-likeness (QED) is 0.859. The number of likely N-dealkylation sites (tertiary alicyclic amines) is 1. The van der Waals surface area contributed by atoms with E-state index in [1.54, 1.807) is 13.2 Å². The maximum Gasteiger partial charge on any atom is 0.254 e. The second-order valence-corrected chi connectivity index (χ2v) is 8.15. The zero-order valence-electron chi connectivity index (χ0n) is 16.1. The van der Waals surface area contributed by atoms with Crippen LogP contribution in [0.15, 0.2) is 65.9 Å². The number of phenols is 1. The van der Waals surface area contributed by atoms with E-state index in [0.717, 1.165) is 29.7 Å². The topological polar surface area (TPSA) is 59.0 Å². The molecule has 2 aromatic rings. The van der Waals surface area contributed by atoms with Gasteiger partial charge in [-0.1, -0.05) is 30.3 Å². The largest absolute Gasteiger partial charge is 0.504 e.